The summed E-state index contributed by atoms with van der Waals surface area (Å²) in [5, 5.41) is 0. The van der Waals surface area contributed by atoms with E-state index in [1.165, 1.54) is 13.8 Å². The molecule has 0 bridgehead atoms. The van der Waals surface area contributed by atoms with Gasteiger partial charge in [-0.25, -0.2) is 8.42 Å². The molecule has 10 heteroatoms. The van der Waals surface area contributed by atoms with Gasteiger partial charge in [0.25, 0.3) is 0 Å². The van der Waals surface area contributed by atoms with Crippen LogP contribution in [0.4, 0.5) is 0 Å². The molecule has 2 atom stereocenters. The van der Waals surface area contributed by atoms with Crippen LogP contribution in [0, 0.1) is 0 Å². The fourth-order valence-electron chi connectivity index (χ4n) is 1.28. The Labute approximate surface area is 123 Å². The van der Waals surface area contributed by atoms with Gasteiger partial charge in [-0.2, -0.15) is 27.0 Å². The molecule has 1 fully saturated rings. The highest BCUT2D eigenvalue weighted by Crippen LogP contribution is 2.27. The number of carbonyl (C=O) groups excluding carboxylic acids is 2. The van der Waals surface area contributed by atoms with Crippen LogP contribution >= 0.6 is 37.8 Å². The van der Waals surface area contributed by atoms with E-state index in [4.69, 9.17) is 9.47 Å². The summed E-state index contributed by atoms with van der Waals surface area (Å²) in [6, 6.07) is 0. The summed E-state index contributed by atoms with van der Waals surface area (Å²) in [7, 11) is -2.59. The maximum absolute atomic E-state index is 11.3. The van der Waals surface area contributed by atoms with E-state index in [0.29, 0.717) is 10.8 Å². The lowest BCUT2D eigenvalue weighted by Gasteiger charge is -2.29. The normalized spacial score (nSPS) is 25.0. The number of hydrogen-bond acceptors (Lipinski definition) is 7. The average Bonchev–Trinajstić information content (AvgIpc) is 2.07. The largest absolute Gasteiger partial charge is 0.458 e. The van der Waals surface area contributed by atoms with E-state index in [0.717, 1.165) is 0 Å². The van der Waals surface area contributed by atoms with Crippen LogP contribution in [0.2, 0.25) is 0 Å². The minimum atomic E-state index is -3.30. The van der Waals surface area contributed by atoms with Gasteiger partial charge < -0.3 is 9.47 Å². The molecular weight excluding hydrogens is 320 g/mol. The highest BCUT2D eigenvalue weighted by Gasteiger charge is 2.38. The van der Waals surface area contributed by atoms with Crippen LogP contribution in [-0.2, 0) is 27.9 Å². The quantitative estimate of drug-likeness (QED) is 0.524. The Hall–Kier alpha value is -0.0600. The van der Waals surface area contributed by atoms with E-state index in [-0.39, 0.29) is 38.5 Å². The SMILES string of the molecule is CC(=O)O[C@@H]1CSS(=O)(=O)C[C@H]1OC(C)=O.S.S. The summed E-state index contributed by atoms with van der Waals surface area (Å²) in [5.74, 6) is -1.36. The first kappa shape index (κ1) is 20.3. The molecule has 0 aliphatic carbocycles. The van der Waals surface area contributed by atoms with Crippen LogP contribution in [0.25, 0.3) is 0 Å². The van der Waals surface area contributed by atoms with Gasteiger partial charge in [0.05, 0.1) is 0 Å². The molecule has 0 unspecified atom stereocenters. The lowest BCUT2D eigenvalue weighted by Crippen LogP contribution is -2.44. The van der Waals surface area contributed by atoms with Crippen molar-refractivity contribution >= 4 is 58.6 Å². The van der Waals surface area contributed by atoms with Crippen molar-refractivity contribution in [2.75, 3.05) is 11.5 Å². The summed E-state index contributed by atoms with van der Waals surface area (Å²) in [4.78, 5) is 21.6. The first-order valence-corrected chi connectivity index (χ1v) is 7.67. The van der Waals surface area contributed by atoms with Crippen LogP contribution < -0.4 is 0 Å². The predicted octanol–water partition coefficient (Wildman–Crippen LogP) is 0.152. The molecule has 0 saturated carbocycles. The van der Waals surface area contributed by atoms with Crippen molar-refractivity contribution in [2.45, 2.75) is 26.1 Å². The minimum absolute atomic E-state index is 0. The van der Waals surface area contributed by atoms with Crippen molar-refractivity contribution in [1.29, 1.82) is 0 Å². The van der Waals surface area contributed by atoms with Gasteiger partial charge in [0.15, 0.2) is 6.10 Å². The van der Waals surface area contributed by atoms with Crippen LogP contribution in [0.5, 0.6) is 0 Å². The molecule has 0 aromatic rings. The van der Waals surface area contributed by atoms with Gasteiger partial charge in [-0.15, -0.1) is 0 Å². The molecule has 0 N–H and O–H groups in total. The number of hydrogen-bond donors (Lipinski definition) is 0. The number of esters is 2. The maximum atomic E-state index is 11.3. The van der Waals surface area contributed by atoms with Gasteiger partial charge in [0, 0.05) is 19.6 Å². The maximum Gasteiger partial charge on any atom is 0.303 e. The standard InChI is InChI=1S/C8H12O6S2.2H2S/c1-5(9)13-7-3-15-16(11,12)4-8(7)14-6(2)10;;/h7-8H,3-4H2,1-2H3;2*1H2/t7-,8-;;/m1../s1. The van der Waals surface area contributed by atoms with E-state index in [2.05, 4.69) is 0 Å². The van der Waals surface area contributed by atoms with Crippen LogP contribution in [-0.4, -0.2) is 44.1 Å². The molecule has 6 nitrogen and oxygen atoms in total. The highest BCUT2D eigenvalue weighted by atomic mass is 33.1. The summed E-state index contributed by atoms with van der Waals surface area (Å²) < 4.78 is 32.3. The first-order valence-electron chi connectivity index (χ1n) is 4.52. The third kappa shape index (κ3) is 6.76. The third-order valence-electron chi connectivity index (χ3n) is 1.83. The molecule has 1 saturated heterocycles. The Kier molecular flexibility index (Phi) is 9.21. The van der Waals surface area contributed by atoms with Gasteiger partial charge >= 0.3 is 11.9 Å². The number of ether oxygens (including phenoxy) is 2. The molecule has 0 aromatic carbocycles. The van der Waals surface area contributed by atoms with Gasteiger partial charge in [-0.1, -0.05) is 0 Å². The molecule has 1 heterocycles. The van der Waals surface area contributed by atoms with Crippen molar-refractivity contribution in [1.82, 2.24) is 0 Å². The monoisotopic (exact) mass is 336 g/mol. The Morgan fingerprint density at radius 3 is 1.94 bits per heavy atom. The summed E-state index contributed by atoms with van der Waals surface area (Å²) >= 11 is 0. The van der Waals surface area contributed by atoms with E-state index in [9.17, 15) is 18.0 Å². The zero-order chi connectivity index (χ0) is 12.3. The lowest BCUT2D eigenvalue weighted by molar-refractivity contribution is -0.161. The van der Waals surface area contributed by atoms with E-state index < -0.39 is 33.0 Å². The van der Waals surface area contributed by atoms with Crippen molar-refractivity contribution in [2.24, 2.45) is 0 Å². The van der Waals surface area contributed by atoms with Crippen molar-refractivity contribution in [3.63, 3.8) is 0 Å². The smallest absolute Gasteiger partial charge is 0.303 e. The lowest BCUT2D eigenvalue weighted by atomic mass is 10.2. The zero-order valence-electron chi connectivity index (χ0n) is 9.83. The van der Waals surface area contributed by atoms with Crippen molar-refractivity contribution in [3.05, 3.63) is 0 Å². The van der Waals surface area contributed by atoms with Gasteiger partial charge in [0.2, 0.25) is 8.87 Å². The van der Waals surface area contributed by atoms with Crippen LogP contribution in [0.1, 0.15) is 13.8 Å². The molecule has 1 aliphatic heterocycles. The van der Waals surface area contributed by atoms with E-state index >= 15 is 0 Å². The topological polar surface area (TPSA) is 86.7 Å². The molecule has 0 radical (unpaired) electrons. The molecule has 0 amide bonds. The number of carbonyl (C=O) groups is 2. The number of rotatable bonds is 2. The Morgan fingerprint density at radius 1 is 1.06 bits per heavy atom. The van der Waals surface area contributed by atoms with Crippen LogP contribution in [0.15, 0.2) is 0 Å². The fraction of sp³-hybridized carbons (Fsp3) is 0.750. The fourth-order valence-corrected chi connectivity index (χ4v) is 4.40. The molecule has 18 heavy (non-hydrogen) atoms. The van der Waals surface area contributed by atoms with E-state index in [1.54, 1.807) is 0 Å². The summed E-state index contributed by atoms with van der Waals surface area (Å²) in [6.45, 7) is 2.40. The minimum Gasteiger partial charge on any atom is -0.458 e. The van der Waals surface area contributed by atoms with E-state index in [1.807, 2.05) is 0 Å². The Bertz CT molecular complexity index is 392. The molecule has 0 aromatic heterocycles. The van der Waals surface area contributed by atoms with Gasteiger partial charge in [-0.05, 0) is 10.8 Å². The third-order valence-corrected chi connectivity index (χ3v) is 5.28. The molecule has 0 spiro atoms. The second kappa shape index (κ2) is 8.18. The average molecular weight is 336 g/mol. The van der Waals surface area contributed by atoms with Gasteiger partial charge in [0.1, 0.15) is 11.9 Å². The van der Waals surface area contributed by atoms with Crippen LogP contribution in [0.3, 0.4) is 0 Å². The van der Waals surface area contributed by atoms with Crippen molar-refractivity contribution in [3.8, 4) is 0 Å². The second-order valence-electron chi connectivity index (χ2n) is 3.30. The zero-order valence-corrected chi connectivity index (χ0v) is 13.5. The Balaban J connectivity index is 0. The second-order valence-corrected chi connectivity index (χ2v) is 7.55. The summed E-state index contributed by atoms with van der Waals surface area (Å²) in [6.07, 6.45) is -1.61. The molecule has 1 aliphatic rings. The molecule has 108 valence electrons. The molecule has 1 rings (SSSR count). The van der Waals surface area contributed by atoms with Crippen molar-refractivity contribution < 1.29 is 27.5 Å². The first-order chi connectivity index (χ1) is 7.30. The highest BCUT2D eigenvalue weighted by molar-refractivity contribution is 8.72. The predicted molar refractivity (Wildman–Crippen MR) is 78.1 cm³/mol. The van der Waals surface area contributed by atoms with Gasteiger partial charge in [-0.3, -0.25) is 9.59 Å². The Morgan fingerprint density at radius 2 is 1.50 bits per heavy atom. The molecular formula is C8H16O6S4. The summed E-state index contributed by atoms with van der Waals surface area (Å²) in [5.41, 5.74) is 0.